The molecule has 0 aliphatic carbocycles. The Morgan fingerprint density at radius 2 is 1.75 bits per heavy atom. The molecule has 1 fully saturated rings. The van der Waals surface area contributed by atoms with Gasteiger partial charge in [0.05, 0.1) is 27.8 Å². The minimum Gasteiger partial charge on any atom is -0.494 e. The number of ether oxygens (including phenoxy) is 2. The van der Waals surface area contributed by atoms with Gasteiger partial charge in [-0.25, -0.2) is 0 Å². The van der Waals surface area contributed by atoms with E-state index in [1.54, 1.807) is 24.3 Å². The molecular weight excluding hydrogens is 575 g/mol. The highest BCUT2D eigenvalue weighted by atomic mass is 35.5. The summed E-state index contributed by atoms with van der Waals surface area (Å²) in [6.07, 6.45) is -3.53. The summed E-state index contributed by atoms with van der Waals surface area (Å²) >= 11 is 11.4. The van der Waals surface area contributed by atoms with Gasteiger partial charge >= 0.3 is 11.9 Å². The normalized spacial score (nSPS) is 14.8. The molecule has 4 rings (SSSR count). The standard InChI is InChI=1S/C26H17ClF3N3O6S/c1-2-38-17-7-5-16(6-8-17)32-24(35)18(23(34)31-25(32)40)11-14-3-9-21(19(27)12-14)39-22-10-4-15(26(28,29)30)13-20(22)33(36)37/h3-13H,2H2,1H3,(H,31,34,40)/b18-11+. The molecular formula is C26H17ClF3N3O6S. The molecule has 0 aromatic heterocycles. The Morgan fingerprint density at radius 1 is 1.07 bits per heavy atom. The molecule has 14 heteroatoms. The zero-order valence-electron chi connectivity index (χ0n) is 20.3. The second kappa shape index (κ2) is 11.3. The number of alkyl halides is 3. The first-order chi connectivity index (χ1) is 18.9. The molecule has 0 unspecified atom stereocenters. The van der Waals surface area contributed by atoms with E-state index < -0.39 is 39.9 Å². The van der Waals surface area contributed by atoms with E-state index in [0.717, 1.165) is 11.0 Å². The number of hydrogen-bond donors (Lipinski definition) is 1. The summed E-state index contributed by atoms with van der Waals surface area (Å²) < 4.78 is 49.7. The molecule has 0 bridgehead atoms. The van der Waals surface area contributed by atoms with Crippen molar-refractivity contribution in [3.8, 4) is 17.2 Å². The summed E-state index contributed by atoms with van der Waals surface area (Å²) in [4.78, 5) is 37.3. The molecule has 1 saturated heterocycles. The van der Waals surface area contributed by atoms with Crippen LogP contribution in [0.15, 0.2) is 66.2 Å². The number of nitro groups is 1. The number of amides is 2. The maximum Gasteiger partial charge on any atom is 0.416 e. The first kappa shape index (κ1) is 28.5. The average molecular weight is 592 g/mol. The van der Waals surface area contributed by atoms with E-state index in [1.807, 2.05) is 6.92 Å². The molecule has 3 aromatic rings. The lowest BCUT2D eigenvalue weighted by molar-refractivity contribution is -0.385. The minimum atomic E-state index is -4.79. The Labute approximate surface area is 234 Å². The Morgan fingerprint density at radius 3 is 2.35 bits per heavy atom. The van der Waals surface area contributed by atoms with Gasteiger partial charge in [0.2, 0.25) is 5.75 Å². The molecule has 2 amide bonds. The van der Waals surface area contributed by atoms with Gasteiger partial charge < -0.3 is 9.47 Å². The van der Waals surface area contributed by atoms with Crippen LogP contribution in [0.4, 0.5) is 24.5 Å². The van der Waals surface area contributed by atoms with Crippen molar-refractivity contribution in [3.63, 3.8) is 0 Å². The molecule has 1 heterocycles. The molecule has 0 spiro atoms. The molecule has 40 heavy (non-hydrogen) atoms. The van der Waals surface area contributed by atoms with Crippen molar-refractivity contribution in [3.05, 3.63) is 92.5 Å². The average Bonchev–Trinajstić information content (AvgIpc) is 2.88. The molecule has 1 N–H and O–H groups in total. The molecule has 0 radical (unpaired) electrons. The van der Waals surface area contributed by atoms with Gasteiger partial charge in [-0.15, -0.1) is 0 Å². The molecule has 1 aliphatic heterocycles. The zero-order chi connectivity index (χ0) is 29.2. The highest BCUT2D eigenvalue weighted by molar-refractivity contribution is 7.80. The van der Waals surface area contributed by atoms with Gasteiger partial charge in [0.25, 0.3) is 11.8 Å². The third-order valence-electron chi connectivity index (χ3n) is 5.48. The summed E-state index contributed by atoms with van der Waals surface area (Å²) in [7, 11) is 0. The second-order valence-electron chi connectivity index (χ2n) is 8.11. The van der Waals surface area contributed by atoms with E-state index in [0.29, 0.717) is 30.2 Å². The largest absolute Gasteiger partial charge is 0.494 e. The van der Waals surface area contributed by atoms with E-state index >= 15 is 0 Å². The van der Waals surface area contributed by atoms with Crippen LogP contribution in [0.2, 0.25) is 5.02 Å². The van der Waals surface area contributed by atoms with Crippen LogP contribution in [-0.4, -0.2) is 28.5 Å². The number of nitrogens with zero attached hydrogens (tertiary/aromatic N) is 2. The number of rotatable bonds is 7. The number of benzene rings is 3. The van der Waals surface area contributed by atoms with Crippen LogP contribution in [0.1, 0.15) is 18.1 Å². The van der Waals surface area contributed by atoms with E-state index in [9.17, 15) is 32.9 Å². The van der Waals surface area contributed by atoms with Crippen LogP contribution in [0, 0.1) is 10.1 Å². The van der Waals surface area contributed by atoms with Crippen molar-refractivity contribution in [1.82, 2.24) is 5.32 Å². The van der Waals surface area contributed by atoms with Crippen molar-refractivity contribution in [2.45, 2.75) is 13.1 Å². The predicted octanol–water partition coefficient (Wildman–Crippen LogP) is 6.29. The Hall–Kier alpha value is -4.49. The van der Waals surface area contributed by atoms with Crippen LogP contribution in [0.25, 0.3) is 6.08 Å². The van der Waals surface area contributed by atoms with Crippen LogP contribution in [0.3, 0.4) is 0 Å². The van der Waals surface area contributed by atoms with Gasteiger partial charge in [0.15, 0.2) is 5.11 Å². The Kier molecular flexibility index (Phi) is 8.07. The number of nitro benzene ring substituents is 1. The minimum absolute atomic E-state index is 0.0916. The summed E-state index contributed by atoms with van der Waals surface area (Å²) in [5.74, 6) is -1.43. The third kappa shape index (κ3) is 6.05. The van der Waals surface area contributed by atoms with E-state index in [2.05, 4.69) is 5.32 Å². The van der Waals surface area contributed by atoms with Crippen LogP contribution >= 0.6 is 23.8 Å². The number of nitrogens with one attached hydrogen (secondary N) is 1. The van der Waals surface area contributed by atoms with E-state index in [1.165, 1.54) is 24.3 Å². The first-order valence-corrected chi connectivity index (χ1v) is 12.1. The van der Waals surface area contributed by atoms with E-state index in [-0.39, 0.29) is 27.0 Å². The van der Waals surface area contributed by atoms with Gasteiger partial charge in [0.1, 0.15) is 17.1 Å². The summed E-state index contributed by atoms with van der Waals surface area (Å²) in [6.45, 7) is 2.28. The molecule has 9 nitrogen and oxygen atoms in total. The molecule has 0 saturated carbocycles. The number of thiocarbonyl (C=S) groups is 1. The zero-order valence-corrected chi connectivity index (χ0v) is 21.9. The fourth-order valence-corrected chi connectivity index (χ4v) is 4.16. The van der Waals surface area contributed by atoms with Gasteiger partial charge in [-0.3, -0.25) is 29.9 Å². The monoisotopic (exact) mass is 591 g/mol. The summed E-state index contributed by atoms with van der Waals surface area (Å²) in [5.41, 5.74) is -1.70. The molecule has 206 valence electrons. The highest BCUT2D eigenvalue weighted by Crippen LogP contribution is 2.39. The highest BCUT2D eigenvalue weighted by Gasteiger charge is 2.35. The van der Waals surface area contributed by atoms with Crippen LogP contribution in [0.5, 0.6) is 17.2 Å². The lowest BCUT2D eigenvalue weighted by atomic mass is 10.1. The molecule has 1 aliphatic rings. The maximum absolute atomic E-state index is 13.2. The fraction of sp³-hybridized carbons (Fsp3) is 0.115. The van der Waals surface area contributed by atoms with Gasteiger partial charge in [-0.2, -0.15) is 13.2 Å². The van der Waals surface area contributed by atoms with Gasteiger partial charge in [-0.1, -0.05) is 17.7 Å². The fourth-order valence-electron chi connectivity index (χ4n) is 3.65. The van der Waals surface area contributed by atoms with Crippen LogP contribution < -0.4 is 19.7 Å². The second-order valence-corrected chi connectivity index (χ2v) is 8.91. The van der Waals surface area contributed by atoms with Crippen molar-refractivity contribution in [1.29, 1.82) is 0 Å². The Balaban J connectivity index is 1.61. The topological polar surface area (TPSA) is 111 Å². The van der Waals surface area contributed by atoms with E-state index in [4.69, 9.17) is 33.3 Å². The first-order valence-electron chi connectivity index (χ1n) is 11.4. The lowest BCUT2D eigenvalue weighted by Gasteiger charge is -2.29. The van der Waals surface area contributed by atoms with Gasteiger partial charge in [-0.05, 0) is 79.3 Å². The number of hydrogen-bond acceptors (Lipinski definition) is 7. The van der Waals surface area contributed by atoms with Crippen molar-refractivity contribution >= 4 is 58.2 Å². The number of carbonyl (C=O) groups is 2. The Bertz CT molecular complexity index is 1560. The quantitative estimate of drug-likeness (QED) is 0.113. The van der Waals surface area contributed by atoms with Crippen molar-refractivity contribution in [2.24, 2.45) is 0 Å². The summed E-state index contributed by atoms with van der Waals surface area (Å²) in [5, 5.41) is 13.6. The van der Waals surface area contributed by atoms with Crippen LogP contribution in [-0.2, 0) is 15.8 Å². The number of anilines is 1. The van der Waals surface area contributed by atoms with Gasteiger partial charge in [0, 0.05) is 6.07 Å². The third-order valence-corrected chi connectivity index (χ3v) is 6.06. The summed E-state index contributed by atoms with van der Waals surface area (Å²) in [6, 6.07) is 12.3. The maximum atomic E-state index is 13.2. The number of carbonyl (C=O) groups excluding carboxylic acids is 2. The smallest absolute Gasteiger partial charge is 0.416 e. The lowest BCUT2D eigenvalue weighted by Crippen LogP contribution is -2.54. The molecule has 0 atom stereocenters. The van der Waals surface area contributed by atoms with Crippen molar-refractivity contribution in [2.75, 3.05) is 11.5 Å². The predicted molar refractivity (Wildman–Crippen MR) is 143 cm³/mol. The SMILES string of the molecule is CCOc1ccc(N2C(=O)/C(=C/c3ccc(Oc4ccc(C(F)(F)F)cc4[N+](=O)[O-])c(Cl)c3)C(=O)NC2=S)cc1. The number of halogens is 4. The molecule has 3 aromatic carbocycles. The van der Waals surface area contributed by atoms with Crippen molar-refractivity contribution < 1.29 is 37.2 Å².